The van der Waals surface area contributed by atoms with Crippen LogP contribution in [0.1, 0.15) is 52.9 Å². The van der Waals surface area contributed by atoms with Crippen LogP contribution in [0.2, 0.25) is 0 Å². The summed E-state index contributed by atoms with van der Waals surface area (Å²) in [7, 11) is 0. The molecule has 0 aromatic rings. The molecule has 2 saturated heterocycles. The molecule has 0 aromatic heterocycles. The van der Waals surface area contributed by atoms with Crippen molar-refractivity contribution in [3.63, 3.8) is 0 Å². The number of hydrogen-bond acceptors (Lipinski definition) is 2. The second-order valence-corrected chi connectivity index (χ2v) is 6.99. The molecule has 136 valence electrons. The van der Waals surface area contributed by atoms with E-state index < -0.39 is 0 Å². The van der Waals surface area contributed by atoms with Crippen LogP contribution in [0.25, 0.3) is 0 Å². The highest BCUT2D eigenvalue weighted by molar-refractivity contribution is 14.0. The molecule has 0 bridgehead atoms. The van der Waals surface area contributed by atoms with Gasteiger partial charge >= 0.3 is 0 Å². The average Bonchev–Trinajstić information content (AvgIpc) is 3.19. The number of guanidine groups is 1. The molecule has 0 aromatic carbocycles. The molecule has 1 N–H and O–H groups in total. The van der Waals surface area contributed by atoms with Crippen molar-refractivity contribution in [3.05, 3.63) is 0 Å². The van der Waals surface area contributed by atoms with Gasteiger partial charge in [0.05, 0.1) is 0 Å². The van der Waals surface area contributed by atoms with Gasteiger partial charge in [0.15, 0.2) is 5.96 Å². The van der Waals surface area contributed by atoms with Crippen molar-refractivity contribution >= 4 is 29.9 Å². The molecule has 5 heteroatoms. The maximum atomic E-state index is 4.92. The Labute approximate surface area is 160 Å². The monoisotopic (exact) mass is 436 g/mol. The molecule has 1 unspecified atom stereocenters. The third kappa shape index (κ3) is 6.77. The van der Waals surface area contributed by atoms with E-state index in [0.29, 0.717) is 0 Å². The van der Waals surface area contributed by atoms with E-state index >= 15 is 0 Å². The Bertz CT molecular complexity index is 338. The highest BCUT2D eigenvalue weighted by atomic mass is 127. The lowest BCUT2D eigenvalue weighted by atomic mass is 10.0. The first-order valence-corrected chi connectivity index (χ1v) is 9.52. The van der Waals surface area contributed by atoms with Gasteiger partial charge in [-0.3, -0.25) is 4.99 Å². The second kappa shape index (κ2) is 11.5. The van der Waals surface area contributed by atoms with Gasteiger partial charge in [0, 0.05) is 32.7 Å². The molecular formula is C18H37IN4. The van der Waals surface area contributed by atoms with Crippen LogP contribution in [0.4, 0.5) is 0 Å². The zero-order valence-electron chi connectivity index (χ0n) is 15.4. The van der Waals surface area contributed by atoms with E-state index in [-0.39, 0.29) is 24.0 Å². The van der Waals surface area contributed by atoms with Crippen molar-refractivity contribution in [3.8, 4) is 0 Å². The molecule has 2 aliphatic heterocycles. The SMILES string of the molecule is CCNC(=NCC(CC)CC)N1CCC(CN2CCCC2)C1.I. The van der Waals surface area contributed by atoms with Gasteiger partial charge in [0.25, 0.3) is 0 Å². The summed E-state index contributed by atoms with van der Waals surface area (Å²) < 4.78 is 0. The number of hydrogen-bond donors (Lipinski definition) is 1. The minimum atomic E-state index is 0. The molecule has 2 fully saturated rings. The van der Waals surface area contributed by atoms with Crippen LogP contribution in [0.5, 0.6) is 0 Å². The predicted molar refractivity (Wildman–Crippen MR) is 111 cm³/mol. The van der Waals surface area contributed by atoms with Crippen LogP contribution >= 0.6 is 24.0 Å². The third-order valence-electron chi connectivity index (χ3n) is 5.29. The molecule has 0 aliphatic carbocycles. The average molecular weight is 436 g/mol. The van der Waals surface area contributed by atoms with Gasteiger partial charge in [-0.25, -0.2) is 0 Å². The number of aliphatic imine (C=N–C) groups is 1. The van der Waals surface area contributed by atoms with Crippen molar-refractivity contribution in [2.75, 3.05) is 45.8 Å². The zero-order chi connectivity index (χ0) is 15.8. The fourth-order valence-corrected chi connectivity index (χ4v) is 3.69. The van der Waals surface area contributed by atoms with Crippen LogP contribution in [-0.4, -0.2) is 61.6 Å². The van der Waals surface area contributed by atoms with E-state index in [0.717, 1.165) is 30.9 Å². The standard InChI is InChI=1S/C18H36N4.HI/c1-4-16(5-2)13-20-18(19-6-3)22-12-9-17(15-22)14-21-10-7-8-11-21;/h16-17H,4-15H2,1-3H3,(H,19,20);1H. The molecule has 2 aliphatic rings. The smallest absolute Gasteiger partial charge is 0.193 e. The Kier molecular flexibility index (Phi) is 10.5. The van der Waals surface area contributed by atoms with Gasteiger partial charge in [-0.15, -0.1) is 24.0 Å². The van der Waals surface area contributed by atoms with E-state index in [1.807, 2.05) is 0 Å². The van der Waals surface area contributed by atoms with Gasteiger partial charge in [-0.05, 0) is 51.1 Å². The van der Waals surface area contributed by atoms with Crippen LogP contribution in [0.15, 0.2) is 4.99 Å². The highest BCUT2D eigenvalue weighted by Gasteiger charge is 2.27. The van der Waals surface area contributed by atoms with E-state index in [4.69, 9.17) is 4.99 Å². The Balaban J connectivity index is 0.00000264. The summed E-state index contributed by atoms with van der Waals surface area (Å²) in [5.74, 6) is 2.71. The maximum Gasteiger partial charge on any atom is 0.193 e. The minimum absolute atomic E-state index is 0. The number of rotatable bonds is 7. The van der Waals surface area contributed by atoms with Crippen LogP contribution < -0.4 is 5.32 Å². The molecular weight excluding hydrogens is 399 g/mol. The number of nitrogens with one attached hydrogen (secondary N) is 1. The Morgan fingerprint density at radius 2 is 1.83 bits per heavy atom. The van der Waals surface area contributed by atoms with E-state index in [1.54, 1.807) is 0 Å². The van der Waals surface area contributed by atoms with E-state index in [1.165, 1.54) is 64.8 Å². The van der Waals surface area contributed by atoms with Gasteiger partial charge in [-0.1, -0.05) is 26.7 Å². The van der Waals surface area contributed by atoms with Crippen molar-refractivity contribution in [2.24, 2.45) is 16.8 Å². The van der Waals surface area contributed by atoms with Crippen molar-refractivity contribution in [2.45, 2.75) is 52.9 Å². The first kappa shape index (κ1) is 21.0. The molecule has 23 heavy (non-hydrogen) atoms. The number of halogens is 1. The molecule has 2 rings (SSSR count). The van der Waals surface area contributed by atoms with E-state index in [2.05, 4.69) is 35.9 Å². The molecule has 1 atom stereocenters. The normalized spacial score (nSPS) is 22.7. The topological polar surface area (TPSA) is 30.9 Å². The summed E-state index contributed by atoms with van der Waals surface area (Å²) >= 11 is 0. The highest BCUT2D eigenvalue weighted by Crippen LogP contribution is 2.20. The number of nitrogens with zero attached hydrogens (tertiary/aromatic N) is 3. The lowest BCUT2D eigenvalue weighted by molar-refractivity contribution is 0.281. The molecule has 0 spiro atoms. The second-order valence-electron chi connectivity index (χ2n) is 6.99. The van der Waals surface area contributed by atoms with Gasteiger partial charge in [0.1, 0.15) is 0 Å². The summed E-state index contributed by atoms with van der Waals surface area (Å²) in [5.41, 5.74) is 0. The third-order valence-corrected chi connectivity index (χ3v) is 5.29. The summed E-state index contributed by atoms with van der Waals surface area (Å²) in [6, 6.07) is 0. The van der Waals surface area contributed by atoms with Gasteiger partial charge in [-0.2, -0.15) is 0 Å². The summed E-state index contributed by atoms with van der Waals surface area (Å²) in [6.07, 6.45) is 6.59. The van der Waals surface area contributed by atoms with Gasteiger partial charge < -0.3 is 15.1 Å². The van der Waals surface area contributed by atoms with Crippen molar-refractivity contribution in [1.82, 2.24) is 15.1 Å². The van der Waals surface area contributed by atoms with E-state index in [9.17, 15) is 0 Å². The molecule has 2 heterocycles. The molecule has 0 radical (unpaired) electrons. The summed E-state index contributed by atoms with van der Waals surface area (Å²) in [6.45, 7) is 15.0. The molecule has 4 nitrogen and oxygen atoms in total. The lowest BCUT2D eigenvalue weighted by Gasteiger charge is -2.24. The molecule has 0 amide bonds. The van der Waals surface area contributed by atoms with Crippen molar-refractivity contribution in [1.29, 1.82) is 0 Å². The fraction of sp³-hybridized carbons (Fsp3) is 0.944. The van der Waals surface area contributed by atoms with Crippen LogP contribution in [-0.2, 0) is 0 Å². The van der Waals surface area contributed by atoms with Crippen LogP contribution in [0, 0.1) is 11.8 Å². The minimum Gasteiger partial charge on any atom is -0.357 e. The summed E-state index contributed by atoms with van der Waals surface area (Å²) in [4.78, 5) is 10.1. The van der Waals surface area contributed by atoms with Crippen LogP contribution in [0.3, 0.4) is 0 Å². The quantitative estimate of drug-likeness (QED) is 0.377. The maximum absolute atomic E-state index is 4.92. The van der Waals surface area contributed by atoms with Crippen molar-refractivity contribution < 1.29 is 0 Å². The Morgan fingerprint density at radius 3 is 2.43 bits per heavy atom. The summed E-state index contributed by atoms with van der Waals surface area (Å²) in [5, 5.41) is 3.50. The van der Waals surface area contributed by atoms with Gasteiger partial charge in [0.2, 0.25) is 0 Å². The first-order valence-electron chi connectivity index (χ1n) is 9.52. The Morgan fingerprint density at radius 1 is 1.13 bits per heavy atom. The zero-order valence-corrected chi connectivity index (χ0v) is 17.7. The largest absolute Gasteiger partial charge is 0.357 e. The molecule has 0 saturated carbocycles. The lowest BCUT2D eigenvalue weighted by Crippen LogP contribution is -2.41. The Hall–Kier alpha value is -0.0400. The first-order chi connectivity index (χ1) is 10.8. The fourth-order valence-electron chi connectivity index (χ4n) is 3.69. The number of likely N-dealkylation sites (tertiary alicyclic amines) is 2. The predicted octanol–water partition coefficient (Wildman–Crippen LogP) is 3.42.